The Kier molecular flexibility index (Phi) is 8.93. The minimum atomic E-state index is -0.870. The molecule has 0 bridgehead atoms. The van der Waals surface area contributed by atoms with Crippen molar-refractivity contribution in [3.63, 3.8) is 0 Å². The number of hydrazone groups is 1. The van der Waals surface area contributed by atoms with Gasteiger partial charge in [-0.2, -0.15) is 0 Å². The number of amides is 3. The normalized spacial score (nSPS) is 15.2. The summed E-state index contributed by atoms with van der Waals surface area (Å²) in [4.78, 5) is 41.9. The van der Waals surface area contributed by atoms with Gasteiger partial charge < -0.3 is 15.4 Å². The number of carbonyl (C=O) groups excluding carboxylic acids is 3. The van der Waals surface area contributed by atoms with E-state index in [1.54, 1.807) is 30.3 Å². The molecule has 1 heterocycles. The van der Waals surface area contributed by atoms with E-state index in [1.807, 2.05) is 6.92 Å². The van der Waals surface area contributed by atoms with Gasteiger partial charge in [-0.3, -0.25) is 19.2 Å². The van der Waals surface area contributed by atoms with Gasteiger partial charge in [0.2, 0.25) is 5.91 Å². The van der Waals surface area contributed by atoms with E-state index in [0.29, 0.717) is 17.8 Å². The van der Waals surface area contributed by atoms with Crippen molar-refractivity contribution < 1.29 is 28.3 Å². The third-order valence-corrected chi connectivity index (χ3v) is 5.13. The zero-order valence-corrected chi connectivity index (χ0v) is 19.8. The average Bonchev–Trinajstić information content (AvgIpc) is 3.27. The summed E-state index contributed by atoms with van der Waals surface area (Å²) < 4.78 is 19.4. The second kappa shape index (κ2) is 12.3. The molecular weight excluding hydrogens is 469 g/mol. The smallest absolute Gasteiger partial charge is 0.268 e. The number of hydrogen-bond acceptors (Lipinski definition) is 7. The van der Waals surface area contributed by atoms with Crippen molar-refractivity contribution >= 4 is 29.3 Å². The minimum absolute atomic E-state index is 0.0250. The van der Waals surface area contributed by atoms with Crippen LogP contribution in [0.1, 0.15) is 24.2 Å². The second-order valence-corrected chi connectivity index (χ2v) is 7.60. The first-order valence-corrected chi connectivity index (χ1v) is 11.1. The molecule has 2 aromatic carbocycles. The van der Waals surface area contributed by atoms with Crippen molar-refractivity contribution in [2.75, 3.05) is 24.8 Å². The molecule has 0 saturated carbocycles. The maximum Gasteiger partial charge on any atom is 0.268 e. The molecule has 1 aliphatic rings. The lowest BCUT2D eigenvalue weighted by Crippen LogP contribution is -2.42. The number of benzene rings is 2. The number of nitrogens with zero attached hydrogens (tertiary/aromatic N) is 2. The molecule has 0 aromatic heterocycles. The first-order chi connectivity index (χ1) is 17.3. The average molecular weight is 496 g/mol. The second-order valence-electron chi connectivity index (χ2n) is 7.60. The third kappa shape index (κ3) is 6.56. The topological polar surface area (TPSA) is 121 Å². The minimum Gasteiger partial charge on any atom is -0.487 e. The zero-order chi connectivity index (χ0) is 26.1. The molecule has 0 radical (unpaired) electrons. The predicted molar refractivity (Wildman–Crippen MR) is 131 cm³/mol. The van der Waals surface area contributed by atoms with E-state index in [2.05, 4.69) is 33.7 Å². The molecule has 10 nitrogen and oxygen atoms in total. The maximum absolute atomic E-state index is 13.7. The summed E-state index contributed by atoms with van der Waals surface area (Å²) in [5, 5.41) is 10.8. The summed E-state index contributed by atoms with van der Waals surface area (Å²) in [6.07, 6.45) is 0. The largest absolute Gasteiger partial charge is 0.487 e. The van der Waals surface area contributed by atoms with Crippen LogP contribution in [0, 0.1) is 5.82 Å². The van der Waals surface area contributed by atoms with E-state index < -0.39 is 23.7 Å². The van der Waals surface area contributed by atoms with Crippen molar-refractivity contribution in [2.24, 2.45) is 5.10 Å². The molecule has 36 heavy (non-hydrogen) atoms. The molecule has 0 aliphatic carbocycles. The highest BCUT2D eigenvalue weighted by Gasteiger charge is 2.29. The summed E-state index contributed by atoms with van der Waals surface area (Å²) in [6, 6.07) is 11.2. The Balaban J connectivity index is 1.97. The summed E-state index contributed by atoms with van der Waals surface area (Å²) in [7, 11) is 0. The van der Waals surface area contributed by atoms with Gasteiger partial charge in [0.25, 0.3) is 11.8 Å². The van der Waals surface area contributed by atoms with E-state index >= 15 is 0 Å². The van der Waals surface area contributed by atoms with Crippen molar-refractivity contribution in [3.8, 4) is 5.75 Å². The predicted octanol–water partition coefficient (Wildman–Crippen LogP) is 2.05. The van der Waals surface area contributed by atoms with E-state index in [1.165, 1.54) is 30.1 Å². The molecule has 1 unspecified atom stereocenters. The Morgan fingerprint density at radius 2 is 2.06 bits per heavy atom. The molecule has 1 atom stereocenters. The first kappa shape index (κ1) is 26.1. The fraction of sp³-hybridized carbons (Fsp3) is 0.240. The zero-order valence-electron chi connectivity index (χ0n) is 19.8. The molecular formula is C25H26FN5O5. The van der Waals surface area contributed by atoms with E-state index in [-0.39, 0.29) is 36.1 Å². The van der Waals surface area contributed by atoms with Gasteiger partial charge in [-0.25, -0.2) is 14.9 Å². The lowest BCUT2D eigenvalue weighted by Gasteiger charge is -2.24. The lowest BCUT2D eigenvalue weighted by atomic mass is 10.1. The van der Waals surface area contributed by atoms with Crippen LogP contribution in [0.25, 0.3) is 0 Å². The van der Waals surface area contributed by atoms with Crippen LogP contribution in [-0.4, -0.2) is 49.4 Å². The van der Waals surface area contributed by atoms with Crippen LogP contribution in [0.5, 0.6) is 5.75 Å². The molecule has 188 valence electrons. The van der Waals surface area contributed by atoms with Crippen LogP contribution < -0.4 is 25.9 Å². The first-order valence-electron chi connectivity index (χ1n) is 11.1. The summed E-state index contributed by atoms with van der Waals surface area (Å²) in [5.41, 5.74) is 3.52. The molecule has 3 amide bonds. The Morgan fingerprint density at radius 1 is 1.31 bits per heavy atom. The van der Waals surface area contributed by atoms with E-state index in [0.717, 1.165) is 0 Å². The summed E-state index contributed by atoms with van der Waals surface area (Å²) >= 11 is 0. The monoisotopic (exact) mass is 495 g/mol. The summed E-state index contributed by atoms with van der Waals surface area (Å²) in [6.45, 7) is 7.13. The van der Waals surface area contributed by atoms with Gasteiger partial charge >= 0.3 is 0 Å². The van der Waals surface area contributed by atoms with Crippen molar-refractivity contribution in [1.82, 2.24) is 16.1 Å². The maximum atomic E-state index is 13.7. The number of rotatable bonds is 10. The quantitative estimate of drug-likeness (QED) is 0.264. The van der Waals surface area contributed by atoms with Gasteiger partial charge in [-0.1, -0.05) is 6.07 Å². The summed E-state index contributed by atoms with van der Waals surface area (Å²) in [5.74, 6) is 0.912. The highest BCUT2D eigenvalue weighted by molar-refractivity contribution is 5.98. The van der Waals surface area contributed by atoms with Gasteiger partial charge in [0.15, 0.2) is 0 Å². The van der Waals surface area contributed by atoms with Crippen molar-refractivity contribution in [2.45, 2.75) is 19.9 Å². The molecule has 3 N–H and O–H groups in total. The number of anilines is 1. The fourth-order valence-corrected chi connectivity index (χ4v) is 3.25. The number of ether oxygens (including phenoxy) is 1. The van der Waals surface area contributed by atoms with E-state index in [4.69, 9.17) is 9.57 Å². The molecule has 11 heteroatoms. The molecule has 3 rings (SSSR count). The van der Waals surface area contributed by atoms with Gasteiger partial charge in [-0.15, -0.1) is 5.10 Å². The van der Waals surface area contributed by atoms with E-state index in [9.17, 15) is 18.8 Å². The Morgan fingerprint density at radius 3 is 2.67 bits per heavy atom. The standard InChI is InChI=1S/C25H26FN5O5/c1-4-27-24(33)17-9-11-19(12-10-17)31(28-5-2)22(15-35-20-8-6-7-18(26)13-20)16(3)23(32)29-21-14-36-30-25(21)34/h6-13,21H,2,4,14-15H2,1,3H3,(H,27,33)(H,29,32)(H,30,34)/b22-16+. The molecule has 2 aromatic rings. The molecule has 1 saturated heterocycles. The van der Waals surface area contributed by atoms with Crippen LogP contribution in [0.3, 0.4) is 0 Å². The number of carbonyl (C=O) groups is 3. The molecule has 1 aliphatic heterocycles. The Bertz CT molecular complexity index is 1210. The number of halogens is 1. The SMILES string of the molecule is C=C=NN(/C(COc1cccc(F)c1)=C(\C)C(=O)NC1CONC1=O)c1ccc(C(=O)NCC)cc1. The van der Waals surface area contributed by atoms with Crippen molar-refractivity contribution in [1.29, 1.82) is 0 Å². The van der Waals surface area contributed by atoms with Crippen LogP contribution in [0.2, 0.25) is 0 Å². The van der Waals surface area contributed by atoms with Gasteiger partial charge in [-0.05, 0) is 56.8 Å². The van der Waals surface area contributed by atoms with Crippen LogP contribution >= 0.6 is 0 Å². The van der Waals surface area contributed by atoms with Crippen molar-refractivity contribution in [3.05, 3.63) is 77.8 Å². The highest BCUT2D eigenvalue weighted by atomic mass is 19.1. The Labute approximate surface area is 207 Å². The molecule has 0 spiro atoms. The van der Waals surface area contributed by atoms with Crippen LogP contribution in [0.4, 0.5) is 10.1 Å². The number of hydrogen-bond donors (Lipinski definition) is 3. The van der Waals surface area contributed by atoms with Crippen LogP contribution in [0.15, 0.2) is 71.5 Å². The molecule has 1 fully saturated rings. The van der Waals surface area contributed by atoms with Gasteiger partial charge in [0.1, 0.15) is 30.8 Å². The Hall–Kier alpha value is -4.47. The lowest BCUT2D eigenvalue weighted by molar-refractivity contribution is -0.127. The van der Waals surface area contributed by atoms with Crippen LogP contribution in [-0.2, 0) is 14.4 Å². The third-order valence-electron chi connectivity index (χ3n) is 5.13. The van der Waals surface area contributed by atoms with Gasteiger partial charge in [0, 0.05) is 29.6 Å². The number of nitrogens with one attached hydrogen (secondary N) is 3. The fourth-order valence-electron chi connectivity index (χ4n) is 3.25. The highest BCUT2D eigenvalue weighted by Crippen LogP contribution is 2.24. The van der Waals surface area contributed by atoms with Gasteiger partial charge in [0.05, 0.1) is 11.4 Å². The number of hydroxylamine groups is 1.